The fourth-order valence-electron chi connectivity index (χ4n) is 1.65. The third-order valence-electron chi connectivity index (χ3n) is 2.68. The van der Waals surface area contributed by atoms with E-state index in [0.717, 1.165) is 0 Å². The van der Waals surface area contributed by atoms with Crippen molar-refractivity contribution in [3.8, 4) is 11.5 Å². The van der Waals surface area contributed by atoms with Gasteiger partial charge in [-0.25, -0.2) is 16.8 Å². The van der Waals surface area contributed by atoms with Gasteiger partial charge in [-0.15, -0.1) is 0 Å². The predicted molar refractivity (Wildman–Crippen MR) is 91.3 cm³/mol. The van der Waals surface area contributed by atoms with Gasteiger partial charge in [-0.3, -0.25) is 0 Å². The Hall–Kier alpha value is -0.920. The largest absolute Gasteiger partial charge is 2.00 e. The van der Waals surface area contributed by atoms with Gasteiger partial charge in [-0.05, 0) is 24.3 Å². The molecule has 0 atom stereocenters. The topological polar surface area (TPSA) is 164 Å². The first-order valence-corrected chi connectivity index (χ1v) is 9.10. The Kier molecular flexibility index (Phi) is 12.3. The fraction of sp³-hybridized carbons (Fsp3) is 0.143. The van der Waals surface area contributed by atoms with Gasteiger partial charge in [0.1, 0.15) is 31.7 Å². The molecular formula is C14H16CaO9S2. The standard InChI is InChI=1S/2C7H8O4S.Ca.H2O/c2*1-11-6-4-2-3-5-7(6)12(8,9)10;;/h2*2-5H,1H3,(H,8,9,10);;1H2/q;;+2;/p-2. The van der Waals surface area contributed by atoms with Gasteiger partial charge in [-0.1, -0.05) is 24.3 Å². The van der Waals surface area contributed by atoms with Gasteiger partial charge in [-0.2, -0.15) is 0 Å². The number of methoxy groups -OCH3 is 2. The minimum absolute atomic E-state index is 0. The average Bonchev–Trinajstić information content (AvgIpc) is 2.53. The summed E-state index contributed by atoms with van der Waals surface area (Å²) in [4.78, 5) is -0.653. The molecule has 0 bridgehead atoms. The average molecular weight is 432 g/mol. The van der Waals surface area contributed by atoms with Crippen LogP contribution in [-0.4, -0.2) is 83.4 Å². The Morgan fingerprint density at radius 3 is 1.15 bits per heavy atom. The molecule has 0 aliphatic carbocycles. The maximum atomic E-state index is 10.6. The first-order chi connectivity index (χ1) is 11.1. The maximum absolute atomic E-state index is 10.6. The van der Waals surface area contributed by atoms with E-state index in [0.29, 0.717) is 0 Å². The van der Waals surface area contributed by atoms with Gasteiger partial charge < -0.3 is 24.1 Å². The summed E-state index contributed by atoms with van der Waals surface area (Å²) < 4.78 is 72.8. The zero-order valence-corrected chi connectivity index (χ0v) is 17.7. The second kappa shape index (κ2) is 11.7. The zero-order valence-electron chi connectivity index (χ0n) is 13.9. The molecular weight excluding hydrogens is 416 g/mol. The molecule has 140 valence electrons. The second-order valence-electron chi connectivity index (χ2n) is 4.21. The third kappa shape index (κ3) is 8.18. The molecule has 2 aromatic rings. The van der Waals surface area contributed by atoms with E-state index in [1.807, 2.05) is 0 Å². The van der Waals surface area contributed by atoms with E-state index in [1.54, 1.807) is 12.1 Å². The Balaban J connectivity index is 0. The van der Waals surface area contributed by atoms with E-state index in [1.165, 1.54) is 50.6 Å². The van der Waals surface area contributed by atoms with Crippen LogP contribution in [0, 0.1) is 0 Å². The second-order valence-corrected chi connectivity index (χ2v) is 6.91. The van der Waals surface area contributed by atoms with Gasteiger partial charge in [0.05, 0.1) is 24.0 Å². The molecule has 2 rings (SSSR count). The number of para-hydroxylation sites is 2. The number of benzene rings is 2. The van der Waals surface area contributed by atoms with Crippen LogP contribution in [0.3, 0.4) is 0 Å². The number of hydrogen-bond donors (Lipinski definition) is 0. The summed E-state index contributed by atoms with van der Waals surface area (Å²) in [5, 5.41) is 0. The normalized spacial score (nSPS) is 10.3. The molecule has 0 radical (unpaired) electrons. The van der Waals surface area contributed by atoms with Crippen LogP contribution in [0.25, 0.3) is 0 Å². The Bertz CT molecular complexity index is 821. The van der Waals surface area contributed by atoms with Gasteiger partial charge in [0.25, 0.3) is 0 Å². The molecule has 2 aromatic carbocycles. The summed E-state index contributed by atoms with van der Waals surface area (Å²) in [6.45, 7) is 0. The molecule has 0 saturated carbocycles. The summed E-state index contributed by atoms with van der Waals surface area (Å²) in [5.41, 5.74) is 0. The quantitative estimate of drug-likeness (QED) is 0.481. The predicted octanol–water partition coefficient (Wildman–Crippen LogP) is -0.00690. The van der Waals surface area contributed by atoms with Crippen molar-refractivity contribution in [1.82, 2.24) is 0 Å². The monoisotopic (exact) mass is 432 g/mol. The molecule has 0 heterocycles. The van der Waals surface area contributed by atoms with E-state index in [9.17, 15) is 25.9 Å². The molecule has 0 unspecified atom stereocenters. The van der Waals surface area contributed by atoms with Crippen LogP contribution < -0.4 is 9.47 Å². The van der Waals surface area contributed by atoms with Crippen LogP contribution >= 0.6 is 0 Å². The van der Waals surface area contributed by atoms with Crippen LogP contribution in [-0.2, 0) is 20.2 Å². The van der Waals surface area contributed by atoms with E-state index < -0.39 is 20.2 Å². The molecule has 0 amide bonds. The number of ether oxygens (including phenoxy) is 2. The smallest absolute Gasteiger partial charge is 0.744 e. The van der Waals surface area contributed by atoms with Crippen LogP contribution in [0.5, 0.6) is 11.5 Å². The Morgan fingerprint density at radius 2 is 0.962 bits per heavy atom. The van der Waals surface area contributed by atoms with Gasteiger partial charge in [0.2, 0.25) is 0 Å². The molecule has 2 N–H and O–H groups in total. The van der Waals surface area contributed by atoms with Crippen LogP contribution in [0.1, 0.15) is 0 Å². The first kappa shape index (κ1) is 27.3. The van der Waals surface area contributed by atoms with Crippen molar-refractivity contribution in [2.24, 2.45) is 0 Å². The molecule has 0 fully saturated rings. The van der Waals surface area contributed by atoms with Crippen molar-refractivity contribution in [2.75, 3.05) is 14.2 Å². The van der Waals surface area contributed by atoms with Crippen molar-refractivity contribution in [3.05, 3.63) is 48.5 Å². The number of hydrogen-bond acceptors (Lipinski definition) is 8. The molecule has 0 aromatic heterocycles. The molecule has 0 aliphatic rings. The van der Waals surface area contributed by atoms with Gasteiger partial charge in [0, 0.05) is 0 Å². The minimum Gasteiger partial charge on any atom is -0.744 e. The Labute approximate surface area is 181 Å². The van der Waals surface area contributed by atoms with Crippen molar-refractivity contribution in [3.63, 3.8) is 0 Å². The van der Waals surface area contributed by atoms with Crippen molar-refractivity contribution in [1.29, 1.82) is 0 Å². The van der Waals surface area contributed by atoms with Crippen LogP contribution in [0.2, 0.25) is 0 Å². The summed E-state index contributed by atoms with van der Waals surface area (Å²) in [5.74, 6) is 0.153. The van der Waals surface area contributed by atoms with E-state index in [4.69, 9.17) is 9.47 Å². The van der Waals surface area contributed by atoms with E-state index in [-0.39, 0.29) is 64.5 Å². The van der Waals surface area contributed by atoms with E-state index >= 15 is 0 Å². The molecule has 0 aliphatic heterocycles. The molecule has 0 saturated heterocycles. The van der Waals surface area contributed by atoms with Crippen LogP contribution in [0.15, 0.2) is 58.3 Å². The fourth-order valence-corrected chi connectivity index (χ4v) is 2.94. The molecule has 12 heteroatoms. The Morgan fingerprint density at radius 1 is 0.692 bits per heavy atom. The van der Waals surface area contributed by atoms with Gasteiger partial charge in [0.15, 0.2) is 0 Å². The van der Waals surface area contributed by atoms with Crippen LogP contribution in [0.4, 0.5) is 0 Å². The molecule has 9 nitrogen and oxygen atoms in total. The molecule has 0 spiro atoms. The number of rotatable bonds is 4. The van der Waals surface area contributed by atoms with Crippen molar-refractivity contribution < 1.29 is 40.9 Å². The molecule has 26 heavy (non-hydrogen) atoms. The zero-order chi connectivity index (χ0) is 18.4. The SMILES string of the molecule is COc1ccccc1S(=O)(=O)[O-].COc1ccccc1S(=O)(=O)[O-].O.[Ca+2]. The summed E-state index contributed by atoms with van der Waals surface area (Å²) in [7, 11) is -6.22. The summed E-state index contributed by atoms with van der Waals surface area (Å²) >= 11 is 0. The maximum Gasteiger partial charge on any atom is 2.00 e. The van der Waals surface area contributed by atoms with Gasteiger partial charge >= 0.3 is 37.7 Å². The van der Waals surface area contributed by atoms with Crippen molar-refractivity contribution >= 4 is 58.0 Å². The van der Waals surface area contributed by atoms with E-state index in [2.05, 4.69) is 0 Å². The summed E-state index contributed by atoms with van der Waals surface area (Å²) in [6.07, 6.45) is 0. The third-order valence-corrected chi connectivity index (χ3v) is 4.43. The summed E-state index contributed by atoms with van der Waals surface area (Å²) in [6, 6.07) is 11.4. The van der Waals surface area contributed by atoms with Crippen molar-refractivity contribution in [2.45, 2.75) is 9.79 Å². The first-order valence-electron chi connectivity index (χ1n) is 6.29. The minimum atomic E-state index is -4.42.